The van der Waals surface area contributed by atoms with Gasteiger partial charge in [-0.1, -0.05) is 0 Å². The van der Waals surface area contributed by atoms with Gasteiger partial charge in [0.15, 0.2) is 0 Å². The predicted octanol–water partition coefficient (Wildman–Crippen LogP) is 2.76. The van der Waals surface area contributed by atoms with Crippen LogP contribution in [0.2, 0.25) is 0 Å². The number of ether oxygens (including phenoxy) is 1. The van der Waals surface area contributed by atoms with E-state index in [1.165, 1.54) is 6.07 Å². The number of fused-ring (bicyclic) bond motifs is 2. The molecule has 152 valence electrons. The molecule has 1 atom stereocenters. The maximum atomic E-state index is 14.0. The van der Waals surface area contributed by atoms with Crippen LogP contribution in [-0.2, 0) is 14.9 Å². The monoisotopic (exact) mass is 389 g/mol. The summed E-state index contributed by atoms with van der Waals surface area (Å²) in [6.45, 7) is 7.65. The molecular formula is C21H28FN3O3. The number of hydrogen-bond donors (Lipinski definition) is 0. The first-order valence-corrected chi connectivity index (χ1v) is 10.2. The Bertz CT molecular complexity index is 776. The number of nitrogens with zero attached hydrogens (tertiary/aromatic N) is 3. The van der Waals surface area contributed by atoms with Gasteiger partial charge in [0.1, 0.15) is 5.82 Å². The Morgan fingerprint density at radius 3 is 2.68 bits per heavy atom. The normalized spacial score (nSPS) is 23.9. The van der Waals surface area contributed by atoms with E-state index in [1.54, 1.807) is 28.9 Å². The van der Waals surface area contributed by atoms with E-state index in [1.807, 2.05) is 6.92 Å². The molecule has 2 fully saturated rings. The Morgan fingerprint density at radius 1 is 1.25 bits per heavy atom. The molecule has 6 nitrogen and oxygen atoms in total. The zero-order chi connectivity index (χ0) is 19.9. The Labute approximate surface area is 165 Å². The lowest BCUT2D eigenvalue weighted by molar-refractivity contribution is -0.116. The van der Waals surface area contributed by atoms with E-state index >= 15 is 0 Å². The second kappa shape index (κ2) is 7.35. The van der Waals surface area contributed by atoms with Crippen LogP contribution < -0.4 is 4.90 Å². The summed E-state index contributed by atoms with van der Waals surface area (Å²) < 4.78 is 19.1. The first kappa shape index (κ1) is 19.2. The van der Waals surface area contributed by atoms with Crippen LogP contribution >= 0.6 is 0 Å². The molecule has 1 aromatic carbocycles. The van der Waals surface area contributed by atoms with E-state index in [2.05, 4.69) is 4.90 Å². The number of rotatable bonds is 2. The molecule has 3 aliphatic heterocycles. The predicted molar refractivity (Wildman–Crippen MR) is 104 cm³/mol. The highest BCUT2D eigenvalue weighted by atomic mass is 19.1. The average Bonchev–Trinajstić information content (AvgIpc) is 3.27. The minimum Gasteiger partial charge on any atom is -0.450 e. The fourth-order valence-corrected chi connectivity index (χ4v) is 5.09. The van der Waals surface area contributed by atoms with Crippen LogP contribution in [0.1, 0.15) is 38.7 Å². The molecule has 0 aromatic heterocycles. The van der Waals surface area contributed by atoms with Crippen molar-refractivity contribution in [2.45, 2.75) is 44.6 Å². The summed E-state index contributed by atoms with van der Waals surface area (Å²) in [6, 6.07) is 5.14. The van der Waals surface area contributed by atoms with Gasteiger partial charge in [0.25, 0.3) is 0 Å². The number of likely N-dealkylation sites (tertiary alicyclic amines) is 2. The molecule has 28 heavy (non-hydrogen) atoms. The third-order valence-corrected chi connectivity index (χ3v) is 6.62. The van der Waals surface area contributed by atoms with Crippen LogP contribution in [0, 0.1) is 5.82 Å². The maximum Gasteiger partial charge on any atom is 0.409 e. The lowest BCUT2D eigenvalue weighted by Crippen LogP contribution is -2.49. The van der Waals surface area contributed by atoms with Crippen molar-refractivity contribution >= 4 is 17.7 Å². The van der Waals surface area contributed by atoms with Crippen LogP contribution in [-0.4, -0.2) is 67.2 Å². The highest BCUT2D eigenvalue weighted by Gasteiger charge is 2.47. The van der Waals surface area contributed by atoms with Gasteiger partial charge in [-0.15, -0.1) is 0 Å². The number of hydrogen-bond acceptors (Lipinski definition) is 4. The molecule has 0 aliphatic carbocycles. The van der Waals surface area contributed by atoms with Crippen molar-refractivity contribution in [3.05, 3.63) is 29.6 Å². The Hall–Kier alpha value is -2.15. The Balaban J connectivity index is 1.45. The molecule has 3 aliphatic rings. The summed E-state index contributed by atoms with van der Waals surface area (Å²) in [7, 11) is 0. The van der Waals surface area contributed by atoms with Gasteiger partial charge in [-0.2, -0.15) is 0 Å². The summed E-state index contributed by atoms with van der Waals surface area (Å²) in [6.07, 6.45) is 2.51. The summed E-state index contributed by atoms with van der Waals surface area (Å²) in [5.41, 5.74) is 1.66. The number of halogens is 1. The zero-order valence-corrected chi connectivity index (χ0v) is 16.6. The number of carbonyl (C=O) groups excluding carboxylic acids is 2. The fourth-order valence-electron chi connectivity index (χ4n) is 5.09. The van der Waals surface area contributed by atoms with E-state index in [0.29, 0.717) is 25.7 Å². The Morgan fingerprint density at radius 2 is 2.00 bits per heavy atom. The number of anilines is 1. The van der Waals surface area contributed by atoms with Crippen molar-refractivity contribution in [1.82, 2.24) is 9.80 Å². The number of carbonyl (C=O) groups is 2. The molecule has 3 heterocycles. The molecular weight excluding hydrogens is 361 g/mol. The van der Waals surface area contributed by atoms with Crippen molar-refractivity contribution in [3.8, 4) is 0 Å². The molecule has 1 spiro atoms. The van der Waals surface area contributed by atoms with Gasteiger partial charge < -0.3 is 14.5 Å². The minimum absolute atomic E-state index is 0.00744. The van der Waals surface area contributed by atoms with Gasteiger partial charge in [-0.05, 0) is 63.0 Å². The molecule has 4 rings (SSSR count). The van der Waals surface area contributed by atoms with Crippen molar-refractivity contribution in [3.63, 3.8) is 0 Å². The lowest BCUT2D eigenvalue weighted by atomic mass is 9.74. The number of piperidine rings is 1. The van der Waals surface area contributed by atoms with Crippen molar-refractivity contribution < 1.29 is 18.7 Å². The second-order valence-electron chi connectivity index (χ2n) is 8.17. The quantitative estimate of drug-likeness (QED) is 0.781. The smallest absolute Gasteiger partial charge is 0.409 e. The highest BCUT2D eigenvalue weighted by molar-refractivity contribution is 5.94. The third-order valence-electron chi connectivity index (χ3n) is 6.62. The van der Waals surface area contributed by atoms with Crippen LogP contribution in [0.25, 0.3) is 0 Å². The Kier molecular flexibility index (Phi) is 5.04. The average molecular weight is 389 g/mol. The summed E-state index contributed by atoms with van der Waals surface area (Å²) in [4.78, 5) is 30.1. The largest absolute Gasteiger partial charge is 0.450 e. The van der Waals surface area contributed by atoms with Crippen LogP contribution in [0.3, 0.4) is 0 Å². The van der Waals surface area contributed by atoms with E-state index in [9.17, 15) is 14.0 Å². The first-order valence-electron chi connectivity index (χ1n) is 10.2. The van der Waals surface area contributed by atoms with Crippen LogP contribution in [0.4, 0.5) is 14.9 Å². The maximum absolute atomic E-state index is 14.0. The van der Waals surface area contributed by atoms with Crippen molar-refractivity contribution in [2.24, 2.45) is 0 Å². The van der Waals surface area contributed by atoms with Gasteiger partial charge in [0, 0.05) is 43.7 Å². The molecule has 2 amide bonds. The molecule has 1 unspecified atom stereocenters. The highest BCUT2D eigenvalue weighted by Crippen LogP contribution is 2.47. The third kappa shape index (κ3) is 3.26. The number of amides is 2. The number of benzene rings is 1. The van der Waals surface area contributed by atoms with Crippen LogP contribution in [0.15, 0.2) is 18.2 Å². The van der Waals surface area contributed by atoms with E-state index in [-0.39, 0.29) is 23.2 Å². The van der Waals surface area contributed by atoms with Crippen molar-refractivity contribution in [1.29, 1.82) is 0 Å². The first-order chi connectivity index (χ1) is 13.4. The lowest BCUT2D eigenvalue weighted by Gasteiger charge is -2.42. The molecule has 0 saturated carbocycles. The molecule has 0 bridgehead atoms. The summed E-state index contributed by atoms with van der Waals surface area (Å²) in [5.74, 6) is -0.236. The molecule has 7 heteroatoms. The topological polar surface area (TPSA) is 53.1 Å². The molecule has 0 N–H and O–H groups in total. The van der Waals surface area contributed by atoms with E-state index in [4.69, 9.17) is 4.74 Å². The van der Waals surface area contributed by atoms with Gasteiger partial charge in [-0.25, -0.2) is 9.18 Å². The molecule has 2 saturated heterocycles. The minimum atomic E-state index is -0.244. The van der Waals surface area contributed by atoms with Crippen LogP contribution in [0.5, 0.6) is 0 Å². The molecule has 0 radical (unpaired) electrons. The zero-order valence-electron chi connectivity index (χ0n) is 16.6. The van der Waals surface area contributed by atoms with Gasteiger partial charge in [-0.3, -0.25) is 9.69 Å². The summed E-state index contributed by atoms with van der Waals surface area (Å²) in [5, 5.41) is 0. The summed E-state index contributed by atoms with van der Waals surface area (Å²) >= 11 is 0. The van der Waals surface area contributed by atoms with E-state index < -0.39 is 0 Å². The second-order valence-corrected chi connectivity index (χ2v) is 8.17. The van der Waals surface area contributed by atoms with Gasteiger partial charge >= 0.3 is 6.09 Å². The van der Waals surface area contributed by atoms with Crippen molar-refractivity contribution in [2.75, 3.05) is 44.2 Å². The van der Waals surface area contributed by atoms with Gasteiger partial charge in [0.05, 0.1) is 6.61 Å². The van der Waals surface area contributed by atoms with E-state index in [0.717, 1.165) is 50.1 Å². The SMILES string of the molecule is CCOC(=O)N1CCC(N2CCC3(CC2)CN(C(C)=O)c2ccc(F)cc23)C1. The fraction of sp³-hybridized carbons (Fsp3) is 0.619. The molecule has 1 aromatic rings. The van der Waals surface area contributed by atoms with Gasteiger partial charge in [0.2, 0.25) is 5.91 Å². The standard InChI is InChI=1S/C21H28FN3O3/c1-3-28-20(27)24-9-6-17(13-24)23-10-7-21(8-11-23)14-25(15(2)26)19-5-4-16(22)12-18(19)21/h4-5,12,17H,3,6-11,13-14H2,1-2H3.